The highest BCUT2D eigenvalue weighted by Crippen LogP contribution is 2.09. The molecule has 0 atom stereocenters. The standard InChI is InChI=1S/C12H11NO2/c14-12(10-5-4-8-15-9-10)13-11-6-2-1-3-7-11/h1-8H,9H2,(H,13,14). The first kappa shape index (κ1) is 9.52. The molecule has 1 amide bonds. The first-order valence-corrected chi connectivity index (χ1v) is 4.70. The third-order valence-electron chi connectivity index (χ3n) is 2.03. The largest absolute Gasteiger partial charge is 0.496 e. The Labute approximate surface area is 88.1 Å². The summed E-state index contributed by atoms with van der Waals surface area (Å²) in [6.07, 6.45) is 5.03. The fraction of sp³-hybridized carbons (Fsp3) is 0.0833. The lowest BCUT2D eigenvalue weighted by Gasteiger charge is -2.10. The summed E-state index contributed by atoms with van der Waals surface area (Å²) in [5.41, 5.74) is 1.42. The molecule has 15 heavy (non-hydrogen) atoms. The molecular formula is C12H11NO2. The highest BCUT2D eigenvalue weighted by atomic mass is 16.5. The van der Waals surface area contributed by atoms with Crippen LogP contribution in [-0.4, -0.2) is 12.5 Å². The van der Waals surface area contributed by atoms with Crippen molar-refractivity contribution in [2.24, 2.45) is 0 Å². The molecule has 0 bridgehead atoms. The van der Waals surface area contributed by atoms with Crippen molar-refractivity contribution in [3.63, 3.8) is 0 Å². The molecule has 0 fully saturated rings. The van der Waals surface area contributed by atoms with Gasteiger partial charge in [0.05, 0.1) is 11.8 Å². The first-order valence-electron chi connectivity index (χ1n) is 4.70. The molecule has 0 saturated heterocycles. The van der Waals surface area contributed by atoms with Gasteiger partial charge in [-0.3, -0.25) is 4.79 Å². The lowest BCUT2D eigenvalue weighted by atomic mass is 10.2. The van der Waals surface area contributed by atoms with Gasteiger partial charge in [0.1, 0.15) is 6.61 Å². The Kier molecular flexibility index (Phi) is 2.83. The summed E-state index contributed by atoms with van der Waals surface area (Å²) in [6.45, 7) is 0.329. The fourth-order valence-corrected chi connectivity index (χ4v) is 1.27. The Morgan fingerprint density at radius 2 is 2.07 bits per heavy atom. The number of carbonyl (C=O) groups is 1. The van der Waals surface area contributed by atoms with Crippen LogP contribution in [0.5, 0.6) is 0 Å². The third-order valence-corrected chi connectivity index (χ3v) is 2.03. The van der Waals surface area contributed by atoms with E-state index < -0.39 is 0 Å². The average molecular weight is 201 g/mol. The van der Waals surface area contributed by atoms with Gasteiger partial charge in [0.2, 0.25) is 0 Å². The molecule has 0 aliphatic carbocycles. The highest BCUT2D eigenvalue weighted by Gasteiger charge is 2.10. The van der Waals surface area contributed by atoms with Crippen LogP contribution >= 0.6 is 0 Å². The minimum absolute atomic E-state index is 0.120. The Balaban J connectivity index is 2.04. The summed E-state index contributed by atoms with van der Waals surface area (Å²) in [4.78, 5) is 11.7. The molecule has 1 aromatic rings. The lowest BCUT2D eigenvalue weighted by Crippen LogP contribution is -2.18. The number of hydrogen-bond donors (Lipinski definition) is 1. The topological polar surface area (TPSA) is 38.3 Å². The van der Waals surface area contributed by atoms with Crippen molar-refractivity contribution in [1.29, 1.82) is 0 Å². The van der Waals surface area contributed by atoms with E-state index in [1.54, 1.807) is 18.4 Å². The van der Waals surface area contributed by atoms with Crippen LogP contribution in [0.4, 0.5) is 5.69 Å². The smallest absolute Gasteiger partial charge is 0.255 e. The lowest BCUT2D eigenvalue weighted by molar-refractivity contribution is -0.113. The molecule has 0 radical (unpaired) electrons. The van der Waals surface area contributed by atoms with Crippen molar-refractivity contribution in [3.8, 4) is 0 Å². The summed E-state index contributed by atoms with van der Waals surface area (Å²) >= 11 is 0. The molecule has 1 N–H and O–H groups in total. The first-order chi connectivity index (χ1) is 7.36. The second-order valence-corrected chi connectivity index (χ2v) is 3.15. The molecule has 0 saturated carbocycles. The van der Waals surface area contributed by atoms with Crippen molar-refractivity contribution < 1.29 is 9.53 Å². The highest BCUT2D eigenvalue weighted by molar-refractivity contribution is 6.04. The van der Waals surface area contributed by atoms with E-state index in [9.17, 15) is 4.79 Å². The van der Waals surface area contributed by atoms with Crippen LogP contribution in [0, 0.1) is 0 Å². The number of allylic oxidation sites excluding steroid dienone is 2. The van der Waals surface area contributed by atoms with Crippen molar-refractivity contribution in [2.45, 2.75) is 0 Å². The molecule has 1 aliphatic heterocycles. The second kappa shape index (κ2) is 4.46. The van der Waals surface area contributed by atoms with Gasteiger partial charge in [-0.2, -0.15) is 0 Å². The number of anilines is 1. The van der Waals surface area contributed by atoms with Crippen molar-refractivity contribution in [3.05, 3.63) is 54.3 Å². The van der Waals surface area contributed by atoms with Crippen molar-refractivity contribution in [2.75, 3.05) is 11.9 Å². The second-order valence-electron chi connectivity index (χ2n) is 3.15. The summed E-state index contributed by atoms with van der Waals surface area (Å²) in [5.74, 6) is -0.120. The number of para-hydroxylation sites is 1. The van der Waals surface area contributed by atoms with Gasteiger partial charge in [0, 0.05) is 5.69 Å². The minimum Gasteiger partial charge on any atom is -0.496 e. The molecule has 0 aromatic heterocycles. The fourth-order valence-electron chi connectivity index (χ4n) is 1.27. The van der Waals surface area contributed by atoms with Crippen LogP contribution in [0.1, 0.15) is 0 Å². The molecule has 1 aliphatic rings. The Hall–Kier alpha value is -2.03. The van der Waals surface area contributed by atoms with E-state index in [0.29, 0.717) is 12.2 Å². The number of amides is 1. The van der Waals surface area contributed by atoms with Gasteiger partial charge in [-0.1, -0.05) is 18.2 Å². The maximum absolute atomic E-state index is 11.7. The Bertz CT molecular complexity index is 407. The molecule has 2 rings (SSSR count). The maximum atomic E-state index is 11.7. The summed E-state index contributed by atoms with van der Waals surface area (Å²) in [5, 5.41) is 2.79. The Morgan fingerprint density at radius 3 is 2.73 bits per heavy atom. The predicted molar refractivity (Wildman–Crippen MR) is 58.2 cm³/mol. The molecule has 0 spiro atoms. The van der Waals surface area contributed by atoms with Crippen LogP contribution in [0.25, 0.3) is 0 Å². The zero-order valence-corrected chi connectivity index (χ0v) is 8.14. The molecule has 76 valence electrons. The van der Waals surface area contributed by atoms with Gasteiger partial charge in [0.25, 0.3) is 5.91 Å². The molecule has 1 heterocycles. The van der Waals surface area contributed by atoms with Crippen LogP contribution in [0.3, 0.4) is 0 Å². The number of hydrogen-bond acceptors (Lipinski definition) is 2. The van der Waals surface area contributed by atoms with E-state index in [-0.39, 0.29) is 5.91 Å². The van der Waals surface area contributed by atoms with E-state index in [4.69, 9.17) is 4.74 Å². The van der Waals surface area contributed by atoms with Gasteiger partial charge < -0.3 is 10.1 Å². The Morgan fingerprint density at radius 1 is 1.27 bits per heavy atom. The number of nitrogens with one attached hydrogen (secondary N) is 1. The zero-order chi connectivity index (χ0) is 10.5. The van der Waals surface area contributed by atoms with Crippen LogP contribution in [-0.2, 0) is 9.53 Å². The summed E-state index contributed by atoms with van der Waals surface area (Å²) < 4.78 is 5.03. The molecule has 3 heteroatoms. The number of ether oxygens (including phenoxy) is 1. The predicted octanol–water partition coefficient (Wildman–Crippen LogP) is 2.10. The van der Waals surface area contributed by atoms with Crippen LogP contribution in [0.15, 0.2) is 54.3 Å². The molecule has 0 unspecified atom stereocenters. The van der Waals surface area contributed by atoms with Gasteiger partial charge >= 0.3 is 0 Å². The summed E-state index contributed by atoms with van der Waals surface area (Å²) in [6, 6.07) is 9.35. The summed E-state index contributed by atoms with van der Waals surface area (Å²) in [7, 11) is 0. The number of rotatable bonds is 2. The van der Waals surface area contributed by atoms with E-state index in [2.05, 4.69) is 5.32 Å². The van der Waals surface area contributed by atoms with Crippen molar-refractivity contribution >= 4 is 11.6 Å². The van der Waals surface area contributed by atoms with Gasteiger partial charge in [-0.25, -0.2) is 0 Å². The molecule has 3 nitrogen and oxygen atoms in total. The van der Waals surface area contributed by atoms with Gasteiger partial charge in [0.15, 0.2) is 0 Å². The number of carbonyl (C=O) groups excluding carboxylic acids is 1. The minimum atomic E-state index is -0.120. The van der Waals surface area contributed by atoms with Gasteiger partial charge in [-0.05, 0) is 24.3 Å². The van der Waals surface area contributed by atoms with E-state index in [1.807, 2.05) is 30.3 Å². The zero-order valence-electron chi connectivity index (χ0n) is 8.14. The van der Waals surface area contributed by atoms with E-state index in [0.717, 1.165) is 5.69 Å². The third kappa shape index (κ3) is 2.47. The molecular weight excluding hydrogens is 190 g/mol. The van der Waals surface area contributed by atoms with Crippen LogP contribution < -0.4 is 5.32 Å². The SMILES string of the molecule is O=C(Nc1ccccc1)C1=CC=COC1. The maximum Gasteiger partial charge on any atom is 0.255 e. The monoisotopic (exact) mass is 201 g/mol. The number of benzene rings is 1. The van der Waals surface area contributed by atoms with Crippen molar-refractivity contribution in [1.82, 2.24) is 0 Å². The van der Waals surface area contributed by atoms with Crippen LogP contribution in [0.2, 0.25) is 0 Å². The van der Waals surface area contributed by atoms with E-state index in [1.165, 1.54) is 0 Å². The molecule has 1 aromatic carbocycles. The normalized spacial score (nSPS) is 14.0. The average Bonchev–Trinajstić information content (AvgIpc) is 2.31. The van der Waals surface area contributed by atoms with Gasteiger partial charge in [-0.15, -0.1) is 0 Å². The quantitative estimate of drug-likeness (QED) is 0.795. The van der Waals surface area contributed by atoms with E-state index >= 15 is 0 Å².